The number of fused-ring (bicyclic) bond motifs is 2. The number of aromatic amines is 1. The molecule has 0 saturated carbocycles. The molecule has 0 bridgehead atoms. The number of nitrogens with zero attached hydrogens (tertiary/aromatic N) is 1. The molecule has 1 N–H and O–H groups in total. The summed E-state index contributed by atoms with van der Waals surface area (Å²) in [6.07, 6.45) is 8.11. The Labute approximate surface area is 118 Å². The van der Waals surface area contributed by atoms with Crippen LogP contribution < -0.4 is 5.56 Å². The molecule has 2 aliphatic rings. The van der Waals surface area contributed by atoms with Crippen molar-refractivity contribution in [1.82, 2.24) is 9.97 Å². The van der Waals surface area contributed by atoms with E-state index in [9.17, 15) is 4.79 Å². The first-order chi connectivity index (χ1) is 9.83. The molecular formula is C17H18N2O. The molecule has 0 amide bonds. The summed E-state index contributed by atoms with van der Waals surface area (Å²) in [7, 11) is 0. The van der Waals surface area contributed by atoms with Gasteiger partial charge in [0.25, 0.3) is 5.56 Å². The van der Waals surface area contributed by atoms with Gasteiger partial charge in [-0.05, 0) is 61.1 Å². The number of benzene rings is 1. The lowest BCUT2D eigenvalue weighted by molar-refractivity contribution is 0.562. The maximum absolute atomic E-state index is 11.8. The molecule has 2 aliphatic carbocycles. The first-order valence-electron chi connectivity index (χ1n) is 7.49. The number of aryl methyl sites for hydroxylation is 1. The Morgan fingerprint density at radius 3 is 3.05 bits per heavy atom. The summed E-state index contributed by atoms with van der Waals surface area (Å²) in [6.45, 7) is 0. The van der Waals surface area contributed by atoms with Crippen molar-refractivity contribution >= 4 is 0 Å². The van der Waals surface area contributed by atoms with Crippen molar-refractivity contribution in [2.24, 2.45) is 0 Å². The van der Waals surface area contributed by atoms with Gasteiger partial charge in [-0.3, -0.25) is 4.79 Å². The average Bonchev–Trinajstić information content (AvgIpc) is 2.95. The van der Waals surface area contributed by atoms with E-state index in [1.807, 2.05) is 0 Å². The van der Waals surface area contributed by atoms with Gasteiger partial charge in [0.1, 0.15) is 0 Å². The number of H-pyrrole nitrogens is 1. The average molecular weight is 266 g/mol. The van der Waals surface area contributed by atoms with Crippen molar-refractivity contribution in [3.05, 3.63) is 62.8 Å². The van der Waals surface area contributed by atoms with Gasteiger partial charge in [-0.2, -0.15) is 0 Å². The van der Waals surface area contributed by atoms with Gasteiger partial charge in [0, 0.05) is 5.56 Å². The zero-order valence-corrected chi connectivity index (χ0v) is 11.5. The van der Waals surface area contributed by atoms with Crippen molar-refractivity contribution in [2.45, 2.75) is 44.4 Å². The van der Waals surface area contributed by atoms with Crippen LogP contribution in [-0.4, -0.2) is 9.97 Å². The Morgan fingerprint density at radius 1 is 1.15 bits per heavy atom. The quantitative estimate of drug-likeness (QED) is 0.862. The highest BCUT2D eigenvalue weighted by Gasteiger charge is 2.26. The van der Waals surface area contributed by atoms with Crippen LogP contribution in [0.5, 0.6) is 0 Å². The Kier molecular flexibility index (Phi) is 2.72. The maximum Gasteiger partial charge on any atom is 0.254 e. The molecule has 0 radical (unpaired) electrons. The SMILES string of the molecule is O=c1[nH]cnc2c1CCC(c1cccc3c1CCC3)C2. The summed E-state index contributed by atoms with van der Waals surface area (Å²) in [5.41, 5.74) is 6.56. The number of hydrogen-bond acceptors (Lipinski definition) is 2. The predicted molar refractivity (Wildman–Crippen MR) is 78.1 cm³/mol. The minimum atomic E-state index is 0.0479. The fourth-order valence-electron chi connectivity index (χ4n) is 3.85. The van der Waals surface area contributed by atoms with Gasteiger partial charge in [0.15, 0.2) is 0 Å². The number of aromatic nitrogens is 2. The predicted octanol–water partition coefficient (Wildman–Crippen LogP) is 2.53. The minimum absolute atomic E-state index is 0.0479. The zero-order valence-electron chi connectivity index (χ0n) is 11.5. The fraction of sp³-hybridized carbons (Fsp3) is 0.412. The van der Waals surface area contributed by atoms with Gasteiger partial charge in [-0.25, -0.2) is 4.98 Å². The van der Waals surface area contributed by atoms with E-state index in [4.69, 9.17) is 0 Å². The Balaban J connectivity index is 1.73. The minimum Gasteiger partial charge on any atom is -0.313 e. The normalized spacial score (nSPS) is 20.5. The highest BCUT2D eigenvalue weighted by Crippen LogP contribution is 2.36. The zero-order chi connectivity index (χ0) is 13.5. The van der Waals surface area contributed by atoms with E-state index in [0.717, 1.165) is 30.5 Å². The van der Waals surface area contributed by atoms with E-state index in [1.54, 1.807) is 11.9 Å². The summed E-state index contributed by atoms with van der Waals surface area (Å²) in [5, 5.41) is 0. The molecule has 1 unspecified atom stereocenters. The molecule has 4 rings (SSSR count). The van der Waals surface area contributed by atoms with Gasteiger partial charge < -0.3 is 4.98 Å². The van der Waals surface area contributed by atoms with E-state index in [2.05, 4.69) is 28.2 Å². The summed E-state index contributed by atoms with van der Waals surface area (Å²) in [6, 6.07) is 6.75. The van der Waals surface area contributed by atoms with Gasteiger partial charge in [0.2, 0.25) is 0 Å². The van der Waals surface area contributed by atoms with Crippen molar-refractivity contribution in [1.29, 1.82) is 0 Å². The lowest BCUT2D eigenvalue weighted by atomic mass is 9.80. The molecular weight excluding hydrogens is 248 g/mol. The second-order valence-electron chi connectivity index (χ2n) is 5.94. The van der Waals surface area contributed by atoms with Gasteiger partial charge in [-0.1, -0.05) is 18.2 Å². The van der Waals surface area contributed by atoms with Gasteiger partial charge >= 0.3 is 0 Å². The highest BCUT2D eigenvalue weighted by molar-refractivity contribution is 5.42. The smallest absolute Gasteiger partial charge is 0.254 e. The monoisotopic (exact) mass is 266 g/mol. The van der Waals surface area contributed by atoms with Gasteiger partial charge in [0.05, 0.1) is 12.0 Å². The first-order valence-corrected chi connectivity index (χ1v) is 7.49. The Morgan fingerprint density at radius 2 is 2.10 bits per heavy atom. The molecule has 1 aromatic carbocycles. The lowest BCUT2D eigenvalue weighted by Crippen LogP contribution is -2.24. The first kappa shape index (κ1) is 11.9. The highest BCUT2D eigenvalue weighted by atomic mass is 16.1. The molecule has 0 saturated heterocycles. The third-order valence-corrected chi connectivity index (χ3v) is 4.84. The molecule has 3 heteroatoms. The number of hydrogen-bond donors (Lipinski definition) is 1. The van der Waals surface area contributed by atoms with Crippen molar-refractivity contribution < 1.29 is 0 Å². The van der Waals surface area contributed by atoms with Crippen LogP contribution in [0, 0.1) is 0 Å². The fourth-order valence-corrected chi connectivity index (χ4v) is 3.85. The van der Waals surface area contributed by atoms with Crippen LogP contribution in [0.25, 0.3) is 0 Å². The maximum atomic E-state index is 11.8. The van der Waals surface area contributed by atoms with Crippen LogP contribution in [0.4, 0.5) is 0 Å². The summed E-state index contributed by atoms with van der Waals surface area (Å²) in [5.74, 6) is 0.532. The lowest BCUT2D eigenvalue weighted by Gasteiger charge is -2.25. The summed E-state index contributed by atoms with van der Waals surface area (Å²) >= 11 is 0. The molecule has 0 aliphatic heterocycles. The number of rotatable bonds is 1. The number of nitrogens with one attached hydrogen (secondary N) is 1. The van der Waals surface area contributed by atoms with Crippen LogP contribution >= 0.6 is 0 Å². The molecule has 1 heterocycles. The standard InChI is InChI=1S/C17H18N2O/c20-17-15-8-7-12(9-16(15)18-10-19-17)14-6-2-4-11-3-1-5-13(11)14/h2,4,6,10,12H,1,3,5,7-9H2,(H,18,19,20). The molecule has 0 fully saturated rings. The molecule has 20 heavy (non-hydrogen) atoms. The Bertz CT molecular complexity index is 717. The molecule has 0 spiro atoms. The summed E-state index contributed by atoms with van der Waals surface area (Å²) in [4.78, 5) is 18.9. The van der Waals surface area contributed by atoms with Crippen molar-refractivity contribution in [3.8, 4) is 0 Å². The second-order valence-corrected chi connectivity index (χ2v) is 5.94. The van der Waals surface area contributed by atoms with Crippen LogP contribution in [0.1, 0.15) is 46.7 Å². The summed E-state index contributed by atoms with van der Waals surface area (Å²) < 4.78 is 0. The van der Waals surface area contributed by atoms with Crippen LogP contribution in [0.3, 0.4) is 0 Å². The van der Waals surface area contributed by atoms with Crippen molar-refractivity contribution in [2.75, 3.05) is 0 Å². The van der Waals surface area contributed by atoms with E-state index in [0.29, 0.717) is 5.92 Å². The molecule has 2 aromatic rings. The van der Waals surface area contributed by atoms with Crippen LogP contribution in [-0.2, 0) is 25.7 Å². The topological polar surface area (TPSA) is 45.8 Å². The van der Waals surface area contributed by atoms with E-state index in [1.165, 1.54) is 30.4 Å². The van der Waals surface area contributed by atoms with Gasteiger partial charge in [-0.15, -0.1) is 0 Å². The third-order valence-electron chi connectivity index (χ3n) is 4.84. The molecule has 102 valence electrons. The Hall–Kier alpha value is -1.90. The van der Waals surface area contributed by atoms with Crippen LogP contribution in [0.15, 0.2) is 29.3 Å². The van der Waals surface area contributed by atoms with E-state index >= 15 is 0 Å². The second kappa shape index (κ2) is 4.58. The van der Waals surface area contributed by atoms with Crippen LogP contribution in [0.2, 0.25) is 0 Å². The van der Waals surface area contributed by atoms with Crippen molar-refractivity contribution in [3.63, 3.8) is 0 Å². The molecule has 3 nitrogen and oxygen atoms in total. The molecule has 1 aromatic heterocycles. The van der Waals surface area contributed by atoms with E-state index < -0.39 is 0 Å². The molecule has 1 atom stereocenters. The third kappa shape index (κ3) is 1.80. The van der Waals surface area contributed by atoms with E-state index in [-0.39, 0.29) is 5.56 Å². The largest absolute Gasteiger partial charge is 0.313 e.